The highest BCUT2D eigenvalue weighted by Crippen LogP contribution is 2.16. The Morgan fingerprint density at radius 1 is 1.33 bits per heavy atom. The molecule has 0 aromatic heterocycles. The molecule has 1 atom stereocenters. The number of carbonyl (C=O) groups is 1. The van der Waals surface area contributed by atoms with Gasteiger partial charge in [0.05, 0.1) is 7.11 Å². The highest BCUT2D eigenvalue weighted by molar-refractivity contribution is 5.69. The van der Waals surface area contributed by atoms with E-state index in [1.165, 1.54) is 23.8 Å². The van der Waals surface area contributed by atoms with E-state index in [9.17, 15) is 4.79 Å². The highest BCUT2D eigenvalue weighted by atomic mass is 16.5. The Morgan fingerprint density at radius 3 is 2.67 bits per heavy atom. The Hall–Kier alpha value is -1.35. The van der Waals surface area contributed by atoms with Crippen LogP contribution in [0.4, 0.5) is 0 Å². The summed E-state index contributed by atoms with van der Waals surface area (Å²) >= 11 is 0. The maximum absolute atomic E-state index is 11.0. The van der Waals surface area contributed by atoms with Crippen molar-refractivity contribution in [2.24, 2.45) is 0 Å². The predicted molar refractivity (Wildman–Crippen MR) is 73.6 cm³/mol. The van der Waals surface area contributed by atoms with Gasteiger partial charge in [0.1, 0.15) is 0 Å². The molecule has 0 bridgehead atoms. The normalized spacial score (nSPS) is 12.2. The summed E-state index contributed by atoms with van der Waals surface area (Å²) in [5.41, 5.74) is 3.92. The molecule has 3 heteroatoms. The second kappa shape index (κ2) is 7.17. The zero-order valence-electron chi connectivity index (χ0n) is 11.7. The maximum Gasteiger partial charge on any atom is 0.305 e. The van der Waals surface area contributed by atoms with Gasteiger partial charge in [-0.3, -0.25) is 4.79 Å². The topological polar surface area (TPSA) is 38.3 Å². The lowest BCUT2D eigenvalue weighted by molar-refractivity contribution is -0.140. The highest BCUT2D eigenvalue weighted by Gasteiger charge is 2.06. The first-order chi connectivity index (χ1) is 8.54. The van der Waals surface area contributed by atoms with Crippen LogP contribution in [-0.2, 0) is 9.53 Å². The van der Waals surface area contributed by atoms with Gasteiger partial charge in [0.15, 0.2) is 0 Å². The number of rotatable bonds is 6. The van der Waals surface area contributed by atoms with Crippen LogP contribution in [0.3, 0.4) is 0 Å². The quantitative estimate of drug-likeness (QED) is 0.622. The zero-order valence-corrected chi connectivity index (χ0v) is 11.7. The van der Waals surface area contributed by atoms with Crippen molar-refractivity contribution in [2.45, 2.75) is 39.7 Å². The molecule has 0 saturated heterocycles. The number of hydrogen-bond acceptors (Lipinski definition) is 3. The van der Waals surface area contributed by atoms with Crippen LogP contribution in [0.25, 0.3) is 0 Å². The lowest BCUT2D eigenvalue weighted by Gasteiger charge is -2.15. The van der Waals surface area contributed by atoms with E-state index < -0.39 is 0 Å². The summed E-state index contributed by atoms with van der Waals surface area (Å²) in [6.45, 7) is 7.21. The summed E-state index contributed by atoms with van der Waals surface area (Å²) in [5, 5.41) is 3.42. The molecule has 0 radical (unpaired) electrons. The molecule has 0 amide bonds. The molecule has 1 unspecified atom stereocenters. The minimum atomic E-state index is -0.143. The van der Waals surface area contributed by atoms with E-state index in [0.717, 1.165) is 13.0 Å². The summed E-state index contributed by atoms with van der Waals surface area (Å²) in [4.78, 5) is 11.0. The molecule has 1 aromatic rings. The lowest BCUT2D eigenvalue weighted by atomic mass is 10.0. The van der Waals surface area contributed by atoms with Crippen LogP contribution >= 0.6 is 0 Å². The third-order valence-electron chi connectivity index (χ3n) is 3.27. The second-order valence-electron chi connectivity index (χ2n) is 4.70. The largest absolute Gasteiger partial charge is 0.469 e. The third kappa shape index (κ3) is 4.49. The van der Waals surface area contributed by atoms with Crippen molar-refractivity contribution in [3.63, 3.8) is 0 Å². The molecule has 100 valence electrons. The molecule has 1 rings (SSSR count). The second-order valence-corrected chi connectivity index (χ2v) is 4.70. The van der Waals surface area contributed by atoms with Crippen LogP contribution in [0.1, 0.15) is 42.5 Å². The fourth-order valence-electron chi connectivity index (χ4n) is 1.81. The van der Waals surface area contributed by atoms with Crippen molar-refractivity contribution in [3.8, 4) is 0 Å². The molecule has 0 heterocycles. The molecule has 1 N–H and O–H groups in total. The number of carbonyl (C=O) groups excluding carboxylic acids is 1. The van der Waals surface area contributed by atoms with Crippen LogP contribution in [0.15, 0.2) is 18.2 Å². The van der Waals surface area contributed by atoms with E-state index in [1.54, 1.807) is 0 Å². The first-order valence-electron chi connectivity index (χ1n) is 6.42. The van der Waals surface area contributed by atoms with Gasteiger partial charge in [-0.2, -0.15) is 0 Å². The Labute approximate surface area is 110 Å². The van der Waals surface area contributed by atoms with Gasteiger partial charge in [0, 0.05) is 12.5 Å². The van der Waals surface area contributed by atoms with Gasteiger partial charge in [0.2, 0.25) is 0 Å². The number of esters is 1. The molecule has 0 saturated carbocycles. The summed E-state index contributed by atoms with van der Waals surface area (Å²) < 4.78 is 4.60. The minimum absolute atomic E-state index is 0.143. The molecule has 0 aliphatic heterocycles. The molecule has 18 heavy (non-hydrogen) atoms. The Bertz CT molecular complexity index is 401. The van der Waals surface area contributed by atoms with Crippen LogP contribution in [0.2, 0.25) is 0 Å². The number of methoxy groups -OCH3 is 1. The average Bonchev–Trinajstić information content (AvgIpc) is 2.37. The van der Waals surface area contributed by atoms with Crippen molar-refractivity contribution in [1.82, 2.24) is 5.32 Å². The van der Waals surface area contributed by atoms with Crippen molar-refractivity contribution >= 4 is 5.97 Å². The summed E-state index contributed by atoms with van der Waals surface area (Å²) in [7, 11) is 1.42. The fraction of sp³-hybridized carbons (Fsp3) is 0.533. The molecule has 0 aliphatic carbocycles. The standard InChI is InChI=1S/C15H23NO2/c1-11-7-8-14(10-12(11)2)13(3)16-9-5-6-15(17)18-4/h7-8,10,13,16H,5-6,9H2,1-4H3. The number of benzene rings is 1. The van der Waals surface area contributed by atoms with Gasteiger partial charge in [-0.1, -0.05) is 18.2 Å². The van der Waals surface area contributed by atoms with E-state index in [2.05, 4.69) is 49.0 Å². The predicted octanol–water partition coefficient (Wildman–Crippen LogP) is 2.91. The summed E-state index contributed by atoms with van der Waals surface area (Å²) in [6.07, 6.45) is 1.28. The van der Waals surface area contributed by atoms with E-state index in [4.69, 9.17) is 0 Å². The molecule has 0 spiro atoms. The first kappa shape index (κ1) is 14.7. The van der Waals surface area contributed by atoms with Gasteiger partial charge in [-0.05, 0) is 50.4 Å². The van der Waals surface area contributed by atoms with Gasteiger partial charge in [0.25, 0.3) is 0 Å². The molecular weight excluding hydrogens is 226 g/mol. The average molecular weight is 249 g/mol. The number of aryl methyl sites for hydroxylation is 2. The van der Waals surface area contributed by atoms with E-state index in [0.29, 0.717) is 12.5 Å². The van der Waals surface area contributed by atoms with Gasteiger partial charge >= 0.3 is 5.97 Å². The van der Waals surface area contributed by atoms with Crippen molar-refractivity contribution in [1.29, 1.82) is 0 Å². The molecule has 0 aliphatic rings. The van der Waals surface area contributed by atoms with Crippen LogP contribution in [0.5, 0.6) is 0 Å². The van der Waals surface area contributed by atoms with E-state index in [1.807, 2.05) is 0 Å². The van der Waals surface area contributed by atoms with Crippen LogP contribution in [-0.4, -0.2) is 19.6 Å². The third-order valence-corrected chi connectivity index (χ3v) is 3.27. The zero-order chi connectivity index (χ0) is 13.5. The number of nitrogens with one attached hydrogen (secondary N) is 1. The van der Waals surface area contributed by atoms with E-state index in [-0.39, 0.29) is 5.97 Å². The molecule has 0 fully saturated rings. The smallest absolute Gasteiger partial charge is 0.305 e. The van der Waals surface area contributed by atoms with Gasteiger partial charge in [-0.15, -0.1) is 0 Å². The Morgan fingerprint density at radius 2 is 2.06 bits per heavy atom. The van der Waals surface area contributed by atoms with Crippen molar-refractivity contribution < 1.29 is 9.53 Å². The first-order valence-corrected chi connectivity index (χ1v) is 6.42. The van der Waals surface area contributed by atoms with Crippen molar-refractivity contribution in [3.05, 3.63) is 34.9 Å². The number of hydrogen-bond donors (Lipinski definition) is 1. The maximum atomic E-state index is 11.0. The number of ether oxygens (including phenoxy) is 1. The van der Waals surface area contributed by atoms with Gasteiger partial charge in [-0.25, -0.2) is 0 Å². The molecule has 1 aromatic carbocycles. The van der Waals surface area contributed by atoms with E-state index >= 15 is 0 Å². The van der Waals surface area contributed by atoms with Crippen LogP contribution in [0, 0.1) is 13.8 Å². The lowest BCUT2D eigenvalue weighted by Crippen LogP contribution is -2.20. The van der Waals surface area contributed by atoms with Gasteiger partial charge < -0.3 is 10.1 Å². The monoisotopic (exact) mass is 249 g/mol. The Kier molecular flexibility index (Phi) is 5.86. The fourth-order valence-corrected chi connectivity index (χ4v) is 1.81. The minimum Gasteiger partial charge on any atom is -0.469 e. The summed E-state index contributed by atoms with van der Waals surface area (Å²) in [6, 6.07) is 6.83. The SMILES string of the molecule is COC(=O)CCCNC(C)c1ccc(C)c(C)c1. The molecule has 3 nitrogen and oxygen atoms in total. The van der Waals surface area contributed by atoms with Crippen LogP contribution < -0.4 is 5.32 Å². The molecular formula is C15H23NO2. The van der Waals surface area contributed by atoms with Crippen molar-refractivity contribution in [2.75, 3.05) is 13.7 Å². The summed E-state index contributed by atoms with van der Waals surface area (Å²) in [5.74, 6) is -0.143. The Balaban J connectivity index is 2.38.